The van der Waals surface area contributed by atoms with Crippen molar-refractivity contribution in [2.75, 3.05) is 42.2 Å². The molecule has 1 aliphatic rings. The monoisotopic (exact) mass is 556 g/mol. The number of anilines is 5. The first-order valence-electron chi connectivity index (χ1n) is 12.8. The largest absolute Gasteiger partial charge is 0.495 e. The molecule has 0 atom stereocenters. The fourth-order valence-corrected chi connectivity index (χ4v) is 5.30. The molecule has 0 saturated heterocycles. The highest BCUT2D eigenvalue weighted by Crippen LogP contribution is 2.40. The molecule has 4 rings (SSSR count). The van der Waals surface area contributed by atoms with E-state index in [-0.39, 0.29) is 11.5 Å². The van der Waals surface area contributed by atoms with Gasteiger partial charge in [0.05, 0.1) is 36.5 Å². The van der Waals surface area contributed by atoms with E-state index >= 15 is 0 Å². The van der Waals surface area contributed by atoms with Crippen molar-refractivity contribution in [3.05, 3.63) is 58.7 Å². The van der Waals surface area contributed by atoms with Crippen molar-refractivity contribution >= 4 is 52.7 Å². The summed E-state index contributed by atoms with van der Waals surface area (Å²) in [4.78, 5) is 11.6. The minimum Gasteiger partial charge on any atom is -0.495 e. The van der Waals surface area contributed by atoms with Gasteiger partial charge in [0.1, 0.15) is 23.0 Å². The molecular weight excluding hydrogens is 520 g/mol. The van der Waals surface area contributed by atoms with Crippen molar-refractivity contribution in [1.82, 2.24) is 14.9 Å². The molecule has 2 N–H and O–H groups in total. The summed E-state index contributed by atoms with van der Waals surface area (Å²) in [6, 6.07) is 12.2. The molecule has 0 amide bonds. The van der Waals surface area contributed by atoms with E-state index in [9.17, 15) is 0 Å². The highest BCUT2D eigenvalue weighted by Gasteiger charge is 2.32. The topological polar surface area (TPSA) is 74.8 Å². The van der Waals surface area contributed by atoms with Gasteiger partial charge >= 0.3 is 0 Å². The van der Waals surface area contributed by atoms with Gasteiger partial charge < -0.3 is 15.4 Å². The summed E-state index contributed by atoms with van der Waals surface area (Å²) in [6.45, 7) is 13.7. The van der Waals surface area contributed by atoms with Gasteiger partial charge in [-0.2, -0.15) is 4.98 Å². The minimum atomic E-state index is 0.0301. The summed E-state index contributed by atoms with van der Waals surface area (Å²) in [5, 5.41) is 7.14. The number of nitrogens with one attached hydrogen (secondary N) is 2. The Morgan fingerprint density at radius 3 is 2.66 bits per heavy atom. The SMILES string of the molecule is CCN1Cc2cc(Nc3ncc(Cl)c(Nc4ccccc4N(C)SOC(C)C)n3)c(OC)cc2C(C)(C)C1. The Kier molecular flexibility index (Phi) is 8.92. The molecule has 0 fully saturated rings. The van der Waals surface area contributed by atoms with E-state index in [0.29, 0.717) is 16.8 Å². The van der Waals surface area contributed by atoms with E-state index < -0.39 is 0 Å². The van der Waals surface area contributed by atoms with Crippen LogP contribution in [0, 0.1) is 0 Å². The molecule has 2 heterocycles. The van der Waals surface area contributed by atoms with Crippen LogP contribution in [0.1, 0.15) is 45.7 Å². The lowest BCUT2D eigenvalue weighted by atomic mass is 9.78. The van der Waals surface area contributed by atoms with Gasteiger partial charge in [-0.15, -0.1) is 0 Å². The lowest BCUT2D eigenvalue weighted by Crippen LogP contribution is -2.41. The average Bonchev–Trinajstić information content (AvgIpc) is 2.88. The van der Waals surface area contributed by atoms with E-state index in [0.717, 1.165) is 42.4 Å². The Morgan fingerprint density at radius 1 is 1.18 bits per heavy atom. The molecule has 8 nitrogen and oxygen atoms in total. The third kappa shape index (κ3) is 6.46. The summed E-state index contributed by atoms with van der Waals surface area (Å²) in [6.07, 6.45) is 1.69. The molecule has 0 unspecified atom stereocenters. The van der Waals surface area contributed by atoms with Crippen molar-refractivity contribution in [2.24, 2.45) is 0 Å². The standard InChI is InChI=1S/C28H37ClN6O2S/c1-8-35-16-19-13-23(25(36-7)14-20(19)28(4,5)17-35)32-27-30-15-21(29)26(33-27)31-22-11-9-10-12-24(22)34(6)38-37-18(2)3/h9-15,18H,8,16-17H2,1-7H3,(H2,30,31,32,33). The van der Waals surface area contributed by atoms with Gasteiger partial charge in [-0.3, -0.25) is 13.4 Å². The van der Waals surface area contributed by atoms with Crippen LogP contribution in [0.15, 0.2) is 42.6 Å². The predicted molar refractivity (Wildman–Crippen MR) is 159 cm³/mol. The number of halogens is 1. The molecule has 0 bridgehead atoms. The average molecular weight is 557 g/mol. The third-order valence-electron chi connectivity index (χ3n) is 6.45. The van der Waals surface area contributed by atoms with Crippen LogP contribution in [0.5, 0.6) is 5.75 Å². The van der Waals surface area contributed by atoms with Gasteiger partial charge in [0.2, 0.25) is 5.95 Å². The second-order valence-corrected chi connectivity index (χ2v) is 11.6. The molecule has 0 saturated carbocycles. The zero-order valence-electron chi connectivity index (χ0n) is 23.1. The molecule has 0 aliphatic carbocycles. The Hall–Kier alpha value is -2.72. The van der Waals surface area contributed by atoms with Crippen LogP contribution in [-0.2, 0) is 16.1 Å². The number of nitrogens with zero attached hydrogens (tertiary/aromatic N) is 4. The zero-order valence-corrected chi connectivity index (χ0v) is 24.7. The number of hydrogen-bond acceptors (Lipinski definition) is 9. The van der Waals surface area contributed by atoms with Crippen LogP contribution >= 0.6 is 23.8 Å². The number of ether oxygens (including phenoxy) is 1. The van der Waals surface area contributed by atoms with E-state index in [1.807, 2.05) is 49.5 Å². The lowest BCUT2D eigenvalue weighted by molar-refractivity contribution is 0.203. The van der Waals surface area contributed by atoms with E-state index in [4.69, 9.17) is 25.5 Å². The van der Waals surface area contributed by atoms with Gasteiger partial charge in [0.15, 0.2) is 5.82 Å². The van der Waals surface area contributed by atoms with Gasteiger partial charge in [-0.1, -0.05) is 44.5 Å². The summed E-state index contributed by atoms with van der Waals surface area (Å²) >= 11 is 7.80. The third-order valence-corrected chi connectivity index (χ3v) is 7.62. The van der Waals surface area contributed by atoms with Crippen molar-refractivity contribution in [3.8, 4) is 5.75 Å². The normalized spacial score (nSPS) is 14.8. The summed E-state index contributed by atoms with van der Waals surface area (Å²) in [5.74, 6) is 1.67. The first kappa shape index (κ1) is 28.3. The van der Waals surface area contributed by atoms with Crippen molar-refractivity contribution < 1.29 is 8.92 Å². The minimum absolute atomic E-state index is 0.0301. The molecule has 0 spiro atoms. The van der Waals surface area contributed by atoms with Crippen molar-refractivity contribution in [1.29, 1.82) is 0 Å². The maximum Gasteiger partial charge on any atom is 0.229 e. The number of rotatable bonds is 10. The van der Waals surface area contributed by atoms with Gasteiger partial charge in [-0.25, -0.2) is 4.98 Å². The van der Waals surface area contributed by atoms with Gasteiger partial charge in [0, 0.05) is 25.6 Å². The van der Waals surface area contributed by atoms with Crippen LogP contribution in [0.2, 0.25) is 5.02 Å². The molecule has 10 heteroatoms. The molecule has 0 radical (unpaired) electrons. The quantitative estimate of drug-likeness (QED) is 0.200. The number of hydrogen-bond donors (Lipinski definition) is 2. The second kappa shape index (κ2) is 12.0. The fourth-order valence-electron chi connectivity index (χ4n) is 4.62. The number of methoxy groups -OCH3 is 1. The van der Waals surface area contributed by atoms with Crippen LogP contribution < -0.4 is 19.7 Å². The Bertz CT molecular complexity index is 1270. The molecule has 38 heavy (non-hydrogen) atoms. The maximum atomic E-state index is 6.51. The predicted octanol–water partition coefficient (Wildman–Crippen LogP) is 7.16. The number of fused-ring (bicyclic) bond motifs is 1. The molecule has 204 valence electrons. The first-order valence-corrected chi connectivity index (χ1v) is 13.9. The molecular formula is C28H37ClN6O2S. The Balaban J connectivity index is 1.61. The smallest absolute Gasteiger partial charge is 0.229 e. The molecule has 1 aliphatic heterocycles. The lowest BCUT2D eigenvalue weighted by Gasteiger charge is -2.40. The number of aromatic nitrogens is 2. The van der Waals surface area contributed by atoms with Crippen LogP contribution in [0.25, 0.3) is 0 Å². The van der Waals surface area contributed by atoms with E-state index in [2.05, 4.69) is 53.4 Å². The maximum absolute atomic E-state index is 6.51. The van der Waals surface area contributed by atoms with Gasteiger partial charge in [0.25, 0.3) is 0 Å². The highest BCUT2D eigenvalue weighted by molar-refractivity contribution is 7.96. The van der Waals surface area contributed by atoms with Crippen LogP contribution in [-0.4, -0.2) is 48.2 Å². The van der Waals surface area contributed by atoms with Crippen LogP contribution in [0.4, 0.5) is 28.8 Å². The summed E-state index contributed by atoms with van der Waals surface area (Å²) < 4.78 is 13.4. The Morgan fingerprint density at radius 2 is 1.95 bits per heavy atom. The highest BCUT2D eigenvalue weighted by atomic mass is 35.5. The Labute approximate surface area is 235 Å². The van der Waals surface area contributed by atoms with Crippen LogP contribution in [0.3, 0.4) is 0 Å². The second-order valence-electron chi connectivity index (χ2n) is 10.3. The summed E-state index contributed by atoms with van der Waals surface area (Å²) in [7, 11) is 3.64. The van der Waals surface area contributed by atoms with Gasteiger partial charge in [-0.05, 0) is 55.8 Å². The fraction of sp³-hybridized carbons (Fsp3) is 0.429. The van der Waals surface area contributed by atoms with Crippen molar-refractivity contribution in [3.63, 3.8) is 0 Å². The number of likely N-dealkylation sites (N-methyl/N-ethyl adjacent to an activating group) is 1. The molecule has 3 aromatic rings. The molecule has 1 aromatic heterocycles. The number of para-hydroxylation sites is 2. The number of benzene rings is 2. The zero-order chi connectivity index (χ0) is 27.4. The van der Waals surface area contributed by atoms with E-state index in [1.54, 1.807) is 13.3 Å². The van der Waals surface area contributed by atoms with E-state index in [1.165, 1.54) is 23.4 Å². The molecule has 2 aromatic carbocycles. The summed E-state index contributed by atoms with van der Waals surface area (Å²) in [5.41, 5.74) is 5.20. The first-order chi connectivity index (χ1) is 18.1. The van der Waals surface area contributed by atoms with Crippen molar-refractivity contribution in [2.45, 2.75) is 52.7 Å².